The molecule has 0 bridgehead atoms. The van der Waals surface area contributed by atoms with E-state index in [4.69, 9.17) is 14.2 Å². The van der Waals surface area contributed by atoms with Crippen molar-refractivity contribution in [1.29, 1.82) is 0 Å². The molecule has 0 spiro atoms. The molecule has 6 nitrogen and oxygen atoms in total. The van der Waals surface area contributed by atoms with Gasteiger partial charge in [-0.15, -0.1) is 0 Å². The lowest BCUT2D eigenvalue weighted by Gasteiger charge is -2.26. The number of hydrogen-bond acceptors (Lipinski definition) is 5. The molecule has 158 valence electrons. The van der Waals surface area contributed by atoms with Gasteiger partial charge in [0.2, 0.25) is 0 Å². The van der Waals surface area contributed by atoms with Crippen molar-refractivity contribution in [2.45, 2.75) is 32.0 Å². The molecule has 1 saturated heterocycles. The van der Waals surface area contributed by atoms with Gasteiger partial charge in [-0.25, -0.2) is 4.68 Å². The Labute approximate surface area is 178 Å². The van der Waals surface area contributed by atoms with E-state index in [1.807, 2.05) is 23.0 Å². The van der Waals surface area contributed by atoms with Gasteiger partial charge in [0.25, 0.3) is 0 Å². The van der Waals surface area contributed by atoms with Crippen LogP contribution in [0.1, 0.15) is 24.0 Å². The predicted octanol–water partition coefficient (Wildman–Crippen LogP) is 4.07. The van der Waals surface area contributed by atoms with Crippen LogP contribution in [0.2, 0.25) is 0 Å². The maximum atomic E-state index is 5.91. The average Bonchev–Trinajstić information content (AvgIpc) is 3.48. The van der Waals surface area contributed by atoms with Gasteiger partial charge in [0.15, 0.2) is 11.5 Å². The van der Waals surface area contributed by atoms with Crippen LogP contribution >= 0.6 is 0 Å². The van der Waals surface area contributed by atoms with Gasteiger partial charge in [0.1, 0.15) is 0 Å². The van der Waals surface area contributed by atoms with Gasteiger partial charge in [-0.3, -0.25) is 4.90 Å². The molecule has 0 saturated carbocycles. The second kappa shape index (κ2) is 9.78. The molecule has 1 atom stereocenters. The molecule has 0 amide bonds. The Morgan fingerprint density at radius 2 is 1.80 bits per heavy atom. The molecule has 2 heterocycles. The zero-order valence-electron chi connectivity index (χ0n) is 17.7. The van der Waals surface area contributed by atoms with Crippen molar-refractivity contribution < 1.29 is 14.2 Å². The molecule has 0 aliphatic carbocycles. The summed E-state index contributed by atoms with van der Waals surface area (Å²) in [5, 5.41) is 4.30. The molecule has 6 heteroatoms. The first-order chi connectivity index (χ1) is 14.7. The lowest BCUT2D eigenvalue weighted by atomic mass is 10.1. The molecular weight excluding hydrogens is 378 g/mol. The number of methoxy groups -OCH3 is 2. The molecule has 1 aromatic heterocycles. The summed E-state index contributed by atoms with van der Waals surface area (Å²) in [6.07, 6.45) is 6.32. The highest BCUT2D eigenvalue weighted by atomic mass is 16.5. The number of hydrogen-bond donors (Lipinski definition) is 0. The Balaban J connectivity index is 1.49. The fourth-order valence-corrected chi connectivity index (χ4v) is 3.93. The van der Waals surface area contributed by atoms with Crippen LogP contribution in [0, 0.1) is 0 Å². The van der Waals surface area contributed by atoms with E-state index < -0.39 is 0 Å². The normalized spacial score (nSPS) is 16.2. The van der Waals surface area contributed by atoms with Crippen LogP contribution in [0.3, 0.4) is 0 Å². The first kappa shape index (κ1) is 20.4. The molecule has 0 N–H and O–H groups in total. The molecule has 4 rings (SSSR count). The van der Waals surface area contributed by atoms with E-state index in [-0.39, 0.29) is 0 Å². The zero-order chi connectivity index (χ0) is 20.8. The van der Waals surface area contributed by atoms with Gasteiger partial charge in [-0.2, -0.15) is 5.10 Å². The smallest absolute Gasteiger partial charge is 0.161 e. The highest BCUT2D eigenvalue weighted by Crippen LogP contribution is 2.28. The van der Waals surface area contributed by atoms with Crippen LogP contribution in [-0.2, 0) is 17.8 Å². The molecule has 2 aromatic carbocycles. The molecule has 0 radical (unpaired) electrons. The van der Waals surface area contributed by atoms with E-state index in [1.54, 1.807) is 20.4 Å². The summed E-state index contributed by atoms with van der Waals surface area (Å²) in [6, 6.07) is 16.6. The van der Waals surface area contributed by atoms with Gasteiger partial charge in [0, 0.05) is 38.6 Å². The van der Waals surface area contributed by atoms with Crippen molar-refractivity contribution in [3.8, 4) is 17.2 Å². The minimum absolute atomic E-state index is 0.300. The van der Waals surface area contributed by atoms with E-state index in [1.165, 1.54) is 11.1 Å². The highest BCUT2D eigenvalue weighted by Gasteiger charge is 2.20. The van der Waals surface area contributed by atoms with E-state index in [9.17, 15) is 0 Å². The van der Waals surface area contributed by atoms with Crippen LogP contribution in [0.5, 0.6) is 11.5 Å². The van der Waals surface area contributed by atoms with Crippen molar-refractivity contribution in [1.82, 2.24) is 14.7 Å². The van der Waals surface area contributed by atoms with E-state index in [2.05, 4.69) is 46.4 Å². The summed E-state index contributed by atoms with van der Waals surface area (Å²) in [5.41, 5.74) is 3.53. The highest BCUT2D eigenvalue weighted by molar-refractivity contribution is 5.43. The summed E-state index contributed by atoms with van der Waals surface area (Å²) < 4.78 is 18.6. The molecule has 30 heavy (non-hydrogen) atoms. The summed E-state index contributed by atoms with van der Waals surface area (Å²) in [4.78, 5) is 2.44. The third kappa shape index (κ3) is 5.01. The molecule has 1 aliphatic rings. The number of benzene rings is 2. The van der Waals surface area contributed by atoms with E-state index in [0.717, 1.165) is 56.3 Å². The van der Waals surface area contributed by atoms with Crippen molar-refractivity contribution in [3.63, 3.8) is 0 Å². The molecule has 3 aromatic rings. The summed E-state index contributed by atoms with van der Waals surface area (Å²) >= 11 is 0. The quantitative estimate of drug-likeness (QED) is 0.535. The van der Waals surface area contributed by atoms with Crippen LogP contribution in [-0.4, -0.2) is 48.2 Å². The van der Waals surface area contributed by atoms with Crippen LogP contribution in [0.25, 0.3) is 5.69 Å². The first-order valence-corrected chi connectivity index (χ1v) is 10.4. The lowest BCUT2D eigenvalue weighted by Crippen LogP contribution is -2.31. The Morgan fingerprint density at radius 1 is 1.03 bits per heavy atom. The molecule has 1 aliphatic heterocycles. The second-order valence-electron chi connectivity index (χ2n) is 7.61. The van der Waals surface area contributed by atoms with Crippen molar-refractivity contribution in [3.05, 3.63) is 72.1 Å². The number of rotatable bonds is 9. The van der Waals surface area contributed by atoms with E-state index >= 15 is 0 Å². The molecular formula is C24H29N3O3. The van der Waals surface area contributed by atoms with E-state index in [0.29, 0.717) is 6.10 Å². The third-order valence-electron chi connectivity index (χ3n) is 5.45. The van der Waals surface area contributed by atoms with Gasteiger partial charge in [-0.05, 0) is 54.3 Å². The third-order valence-corrected chi connectivity index (χ3v) is 5.45. The maximum absolute atomic E-state index is 5.91. The SMILES string of the molecule is COc1ccc(CN(Cc2ccc(-n3cccn3)cc2)C[C@H]2CCCO2)cc1OC. The minimum atomic E-state index is 0.300. The Hall–Kier alpha value is -2.83. The van der Waals surface area contributed by atoms with Crippen LogP contribution in [0.4, 0.5) is 0 Å². The van der Waals surface area contributed by atoms with Gasteiger partial charge in [0.05, 0.1) is 26.0 Å². The minimum Gasteiger partial charge on any atom is -0.493 e. The summed E-state index contributed by atoms with van der Waals surface area (Å²) in [6.45, 7) is 3.46. The average molecular weight is 408 g/mol. The van der Waals surface area contributed by atoms with Crippen molar-refractivity contribution in [2.75, 3.05) is 27.4 Å². The second-order valence-corrected chi connectivity index (χ2v) is 7.61. The Kier molecular flexibility index (Phi) is 6.67. The topological polar surface area (TPSA) is 48.8 Å². The Morgan fingerprint density at radius 3 is 2.47 bits per heavy atom. The lowest BCUT2D eigenvalue weighted by molar-refractivity contribution is 0.0679. The first-order valence-electron chi connectivity index (χ1n) is 10.4. The van der Waals surface area contributed by atoms with Crippen molar-refractivity contribution in [2.24, 2.45) is 0 Å². The standard InChI is InChI=1S/C24H29N3O3/c1-28-23-11-8-20(15-24(23)29-2)17-26(18-22-5-3-14-30-22)16-19-6-9-21(10-7-19)27-13-4-12-25-27/h4,6-13,15,22H,3,5,14,16-18H2,1-2H3/t22-/m1/s1. The van der Waals surface area contributed by atoms with Crippen LogP contribution < -0.4 is 9.47 Å². The molecule has 0 unspecified atom stereocenters. The summed E-state index contributed by atoms with van der Waals surface area (Å²) in [5.74, 6) is 1.51. The van der Waals surface area contributed by atoms with Crippen molar-refractivity contribution >= 4 is 0 Å². The monoisotopic (exact) mass is 407 g/mol. The predicted molar refractivity (Wildman–Crippen MR) is 116 cm³/mol. The number of ether oxygens (including phenoxy) is 3. The van der Waals surface area contributed by atoms with Gasteiger partial charge < -0.3 is 14.2 Å². The Bertz CT molecular complexity index is 919. The number of aromatic nitrogens is 2. The summed E-state index contributed by atoms with van der Waals surface area (Å²) in [7, 11) is 3.33. The fraction of sp³-hybridized carbons (Fsp3) is 0.375. The zero-order valence-corrected chi connectivity index (χ0v) is 17.7. The largest absolute Gasteiger partial charge is 0.493 e. The fourth-order valence-electron chi connectivity index (χ4n) is 3.93. The maximum Gasteiger partial charge on any atom is 0.161 e. The van der Waals surface area contributed by atoms with Crippen LogP contribution in [0.15, 0.2) is 60.9 Å². The van der Waals surface area contributed by atoms with Gasteiger partial charge >= 0.3 is 0 Å². The molecule has 1 fully saturated rings. The van der Waals surface area contributed by atoms with Gasteiger partial charge in [-0.1, -0.05) is 18.2 Å². The number of nitrogens with zero attached hydrogens (tertiary/aromatic N) is 3.